The van der Waals surface area contributed by atoms with E-state index in [1.807, 2.05) is 0 Å². The molecule has 4 N–H and O–H groups in total. The van der Waals surface area contributed by atoms with Gasteiger partial charge in [-0.25, -0.2) is 0 Å². The monoisotopic (exact) mass is 436 g/mol. The number of aliphatic carboxylic acids is 4. The third kappa shape index (κ3) is 16.4. The first-order chi connectivity index (χ1) is 13.5. The predicted molar refractivity (Wildman–Crippen MR) is 94.2 cm³/mol. The molecule has 30 heavy (non-hydrogen) atoms. The number of benzene rings is 1. The minimum Gasteiger partial charge on any atom is -0.545 e. The van der Waals surface area contributed by atoms with E-state index >= 15 is 0 Å². The Balaban J connectivity index is 0. The van der Waals surface area contributed by atoms with Crippen molar-refractivity contribution in [2.75, 3.05) is 39.3 Å². The fourth-order valence-corrected chi connectivity index (χ4v) is 2.05. The second kappa shape index (κ2) is 16.3. The normalized spacial score (nSPS) is 9.80. The average Bonchev–Trinajstić information content (AvgIpc) is 2.59. The van der Waals surface area contributed by atoms with Crippen molar-refractivity contribution in [1.82, 2.24) is 9.80 Å². The minimum atomic E-state index is -1.23. The molecule has 0 fully saturated rings. The van der Waals surface area contributed by atoms with Gasteiger partial charge in [-0.3, -0.25) is 29.0 Å². The van der Waals surface area contributed by atoms with Crippen molar-refractivity contribution in [2.24, 2.45) is 0 Å². The van der Waals surface area contributed by atoms with Gasteiger partial charge in [-0.2, -0.15) is 0 Å². The first kappa shape index (κ1) is 29.7. The predicted octanol–water partition coefficient (Wildman–Crippen LogP) is -5.02. The molecule has 160 valence electrons. The largest absolute Gasteiger partial charge is 1.00 e. The summed E-state index contributed by atoms with van der Waals surface area (Å²) in [5, 5.41) is 44.6. The maximum Gasteiger partial charge on any atom is 1.00 e. The summed E-state index contributed by atoms with van der Waals surface area (Å²) in [6, 6.07) is 8.06. The maximum absolute atomic E-state index is 10.6. The molecule has 0 aliphatic rings. The van der Waals surface area contributed by atoms with Gasteiger partial charge in [0.1, 0.15) is 0 Å². The minimum absolute atomic E-state index is 0. The molecular formula is C17H21N2NaO10. The van der Waals surface area contributed by atoms with Gasteiger partial charge < -0.3 is 30.3 Å². The van der Waals surface area contributed by atoms with Gasteiger partial charge in [0, 0.05) is 13.1 Å². The van der Waals surface area contributed by atoms with Crippen LogP contribution in [0.3, 0.4) is 0 Å². The van der Waals surface area contributed by atoms with Crippen LogP contribution in [0.2, 0.25) is 0 Å². The zero-order valence-electron chi connectivity index (χ0n) is 16.3. The van der Waals surface area contributed by atoms with Gasteiger partial charge in [0.25, 0.3) is 0 Å². The molecule has 0 radical (unpaired) electrons. The van der Waals surface area contributed by atoms with E-state index in [1.165, 1.54) is 12.1 Å². The molecule has 0 spiro atoms. The van der Waals surface area contributed by atoms with Crippen molar-refractivity contribution in [3.8, 4) is 0 Å². The Morgan fingerprint density at radius 2 is 0.967 bits per heavy atom. The Labute approximate surface area is 193 Å². The van der Waals surface area contributed by atoms with Gasteiger partial charge in [-0.1, -0.05) is 30.3 Å². The van der Waals surface area contributed by atoms with Crippen molar-refractivity contribution in [2.45, 2.75) is 0 Å². The first-order valence-corrected chi connectivity index (χ1v) is 8.09. The Hall–Kier alpha value is -2.51. The van der Waals surface area contributed by atoms with Crippen molar-refractivity contribution >= 4 is 29.8 Å². The summed E-state index contributed by atoms with van der Waals surface area (Å²) in [5.41, 5.74) is 0.220. The summed E-state index contributed by atoms with van der Waals surface area (Å²) in [6.45, 7) is -2.25. The van der Waals surface area contributed by atoms with E-state index in [0.717, 1.165) is 9.80 Å². The van der Waals surface area contributed by atoms with Crippen molar-refractivity contribution < 1.29 is 79.1 Å². The van der Waals surface area contributed by atoms with Crippen LogP contribution in [0, 0.1) is 0 Å². The van der Waals surface area contributed by atoms with E-state index in [4.69, 9.17) is 20.4 Å². The molecule has 0 aliphatic heterocycles. The summed E-state index contributed by atoms with van der Waals surface area (Å²) in [7, 11) is 0. The molecule has 0 unspecified atom stereocenters. The Kier molecular flexibility index (Phi) is 16.1. The Morgan fingerprint density at radius 1 is 0.667 bits per heavy atom. The molecule has 1 rings (SSSR count). The van der Waals surface area contributed by atoms with Gasteiger partial charge in [0.05, 0.1) is 32.1 Å². The second-order valence-electron chi connectivity index (χ2n) is 5.65. The van der Waals surface area contributed by atoms with E-state index in [-0.39, 0.29) is 48.2 Å². The van der Waals surface area contributed by atoms with Crippen LogP contribution in [0.5, 0.6) is 0 Å². The number of carboxylic acids is 5. The summed E-state index contributed by atoms with van der Waals surface area (Å²) in [5.74, 6) is -6.04. The van der Waals surface area contributed by atoms with Gasteiger partial charge >= 0.3 is 53.4 Å². The number of carbonyl (C=O) groups excluding carboxylic acids is 1. The molecule has 0 heterocycles. The molecule has 0 aromatic heterocycles. The summed E-state index contributed by atoms with van der Waals surface area (Å²) in [4.78, 5) is 54.5. The Bertz CT molecular complexity index is 646. The van der Waals surface area contributed by atoms with Crippen LogP contribution in [0.4, 0.5) is 0 Å². The van der Waals surface area contributed by atoms with Crippen LogP contribution >= 0.6 is 0 Å². The molecule has 13 heteroatoms. The van der Waals surface area contributed by atoms with E-state index in [2.05, 4.69) is 0 Å². The molecule has 0 atom stereocenters. The first-order valence-electron chi connectivity index (χ1n) is 8.09. The van der Waals surface area contributed by atoms with Crippen LogP contribution < -0.4 is 34.7 Å². The number of aromatic carboxylic acids is 1. The van der Waals surface area contributed by atoms with Crippen LogP contribution in [-0.4, -0.2) is 99.3 Å². The average molecular weight is 436 g/mol. The number of hydrogen-bond donors (Lipinski definition) is 4. The molecule has 1 aromatic carbocycles. The summed E-state index contributed by atoms with van der Waals surface area (Å²) >= 11 is 0. The van der Waals surface area contributed by atoms with Crippen molar-refractivity contribution in [3.05, 3.63) is 35.9 Å². The number of rotatable bonds is 12. The molecule has 0 aliphatic carbocycles. The third-order valence-corrected chi connectivity index (χ3v) is 3.18. The number of carboxylic acid groups (broad SMARTS) is 5. The zero-order valence-corrected chi connectivity index (χ0v) is 18.3. The molecule has 0 bridgehead atoms. The molecule has 0 saturated heterocycles. The fourth-order valence-electron chi connectivity index (χ4n) is 2.05. The van der Waals surface area contributed by atoms with Gasteiger partial charge in [0.15, 0.2) is 0 Å². The number of nitrogens with zero attached hydrogens (tertiary/aromatic N) is 2. The number of hydrogen-bond acceptors (Lipinski definition) is 8. The SMILES string of the molecule is O=C(O)CN(CCN(CC(=O)O)CC(=O)O)CC(=O)O.O=C([O-])c1ccccc1.[Na+]. The van der Waals surface area contributed by atoms with Crippen LogP contribution in [0.25, 0.3) is 0 Å². The molecule has 0 saturated carbocycles. The molecule has 12 nitrogen and oxygen atoms in total. The molecule has 1 aromatic rings. The maximum atomic E-state index is 10.6. The van der Waals surface area contributed by atoms with Crippen LogP contribution in [0.1, 0.15) is 10.4 Å². The van der Waals surface area contributed by atoms with Gasteiger partial charge in [-0.05, 0) is 5.56 Å². The van der Waals surface area contributed by atoms with Gasteiger partial charge in [-0.15, -0.1) is 0 Å². The number of carbonyl (C=O) groups is 5. The summed E-state index contributed by atoms with van der Waals surface area (Å²) < 4.78 is 0. The standard InChI is InChI=1S/C10H16N2O8.C7H6O2.Na/c13-7(14)3-11(4-8(15)16)1-2-12(5-9(17)18)6-10(19)20;8-7(9)6-4-2-1-3-5-6;/h1-6H2,(H,13,14)(H,15,16)(H,17,18)(H,19,20);1-5H,(H,8,9);/q;;+1/p-1. The molecular weight excluding hydrogens is 415 g/mol. The van der Waals surface area contributed by atoms with E-state index < -0.39 is 56.0 Å². The van der Waals surface area contributed by atoms with Crippen LogP contribution in [-0.2, 0) is 19.2 Å². The molecule has 0 amide bonds. The van der Waals surface area contributed by atoms with E-state index in [9.17, 15) is 29.1 Å². The van der Waals surface area contributed by atoms with E-state index in [0.29, 0.717) is 0 Å². The smallest absolute Gasteiger partial charge is 0.545 e. The second-order valence-corrected chi connectivity index (χ2v) is 5.65. The Morgan fingerprint density at radius 3 is 1.17 bits per heavy atom. The zero-order chi connectivity index (χ0) is 22.4. The van der Waals surface area contributed by atoms with Crippen LogP contribution in [0.15, 0.2) is 30.3 Å². The topological polar surface area (TPSA) is 196 Å². The van der Waals surface area contributed by atoms with Crippen molar-refractivity contribution in [1.29, 1.82) is 0 Å². The third-order valence-electron chi connectivity index (χ3n) is 3.18. The fraction of sp³-hybridized carbons (Fsp3) is 0.353. The quantitative estimate of drug-likeness (QED) is 0.228. The van der Waals surface area contributed by atoms with E-state index in [1.54, 1.807) is 18.2 Å². The van der Waals surface area contributed by atoms with Gasteiger partial charge in [0.2, 0.25) is 0 Å². The summed E-state index contributed by atoms with van der Waals surface area (Å²) in [6.07, 6.45) is 0. The van der Waals surface area contributed by atoms with Crippen molar-refractivity contribution in [3.63, 3.8) is 0 Å².